The summed E-state index contributed by atoms with van der Waals surface area (Å²) < 4.78 is 7.95. The third kappa shape index (κ3) is 3.97. The number of imidazole rings is 1. The Morgan fingerprint density at radius 3 is 2.80 bits per heavy atom. The van der Waals surface area contributed by atoms with Crippen molar-refractivity contribution in [1.82, 2.24) is 9.55 Å². The Morgan fingerprint density at radius 1 is 1.25 bits per heavy atom. The molecule has 2 rings (SSSR count). The second-order valence-corrected chi connectivity index (χ2v) is 5.78. The third-order valence-corrected chi connectivity index (χ3v) is 3.54. The monoisotopic (exact) mass is 294 g/mol. The van der Waals surface area contributed by atoms with Gasteiger partial charge in [0.2, 0.25) is 0 Å². The van der Waals surface area contributed by atoms with Crippen LogP contribution in [0, 0.1) is 5.92 Å². The Labute approximate surface area is 125 Å². The number of aromatic nitrogens is 2. The number of para-hydroxylation sites is 2. The molecule has 20 heavy (non-hydrogen) atoms. The number of aryl methyl sites for hydroxylation is 1. The van der Waals surface area contributed by atoms with E-state index >= 15 is 0 Å². The smallest absolute Gasteiger partial charge is 0.111 e. The molecule has 0 bridgehead atoms. The van der Waals surface area contributed by atoms with Crippen molar-refractivity contribution in [2.24, 2.45) is 5.92 Å². The molecule has 1 aromatic heterocycles. The summed E-state index contributed by atoms with van der Waals surface area (Å²) in [4.78, 5) is 4.65. The first-order valence-corrected chi connectivity index (χ1v) is 7.83. The lowest BCUT2D eigenvalue weighted by Crippen LogP contribution is -2.11. The lowest BCUT2D eigenvalue weighted by atomic mass is 10.1. The number of ether oxygens (including phenoxy) is 1. The average Bonchev–Trinajstić information content (AvgIpc) is 2.76. The van der Waals surface area contributed by atoms with E-state index in [0.29, 0.717) is 11.8 Å². The van der Waals surface area contributed by atoms with Gasteiger partial charge in [-0.2, -0.15) is 0 Å². The SMILES string of the molecule is CC(C)CCOCCn1c(CCCl)nc2ccccc21. The summed E-state index contributed by atoms with van der Waals surface area (Å²) >= 11 is 5.87. The maximum Gasteiger partial charge on any atom is 0.111 e. The highest BCUT2D eigenvalue weighted by Crippen LogP contribution is 2.16. The minimum absolute atomic E-state index is 0.595. The van der Waals surface area contributed by atoms with Crippen LogP contribution in [-0.4, -0.2) is 28.6 Å². The van der Waals surface area contributed by atoms with Crippen molar-refractivity contribution in [1.29, 1.82) is 0 Å². The van der Waals surface area contributed by atoms with Gasteiger partial charge in [-0.25, -0.2) is 4.98 Å². The molecule has 0 aliphatic rings. The molecule has 0 aliphatic heterocycles. The van der Waals surface area contributed by atoms with Crippen LogP contribution in [0.1, 0.15) is 26.1 Å². The first-order valence-electron chi connectivity index (χ1n) is 7.30. The van der Waals surface area contributed by atoms with Crippen LogP contribution < -0.4 is 0 Å². The molecule has 0 fully saturated rings. The number of rotatable bonds is 8. The van der Waals surface area contributed by atoms with Crippen molar-refractivity contribution in [3.05, 3.63) is 30.1 Å². The minimum Gasteiger partial charge on any atom is -0.380 e. The van der Waals surface area contributed by atoms with Crippen molar-refractivity contribution < 1.29 is 4.74 Å². The number of alkyl halides is 1. The van der Waals surface area contributed by atoms with Gasteiger partial charge in [0.1, 0.15) is 5.82 Å². The normalized spacial score (nSPS) is 11.6. The van der Waals surface area contributed by atoms with E-state index in [0.717, 1.165) is 43.9 Å². The summed E-state index contributed by atoms with van der Waals surface area (Å²) in [6, 6.07) is 8.21. The zero-order valence-corrected chi connectivity index (χ0v) is 13.1. The summed E-state index contributed by atoms with van der Waals surface area (Å²) in [7, 11) is 0. The summed E-state index contributed by atoms with van der Waals surface area (Å²) in [5.41, 5.74) is 2.20. The molecule has 0 unspecified atom stereocenters. The Hall–Kier alpha value is -1.06. The zero-order valence-electron chi connectivity index (χ0n) is 12.3. The molecular formula is C16H23ClN2O. The fourth-order valence-corrected chi connectivity index (χ4v) is 2.40. The van der Waals surface area contributed by atoms with Crippen molar-refractivity contribution in [3.63, 3.8) is 0 Å². The number of benzene rings is 1. The molecule has 0 spiro atoms. The van der Waals surface area contributed by atoms with E-state index in [9.17, 15) is 0 Å². The molecule has 0 aliphatic carbocycles. The Balaban J connectivity index is 2.01. The molecule has 0 saturated heterocycles. The van der Waals surface area contributed by atoms with E-state index in [2.05, 4.69) is 29.5 Å². The maximum atomic E-state index is 5.87. The van der Waals surface area contributed by atoms with E-state index < -0.39 is 0 Å². The highest BCUT2D eigenvalue weighted by Gasteiger charge is 2.09. The molecule has 3 nitrogen and oxygen atoms in total. The average molecular weight is 295 g/mol. The Bertz CT molecular complexity index is 536. The van der Waals surface area contributed by atoms with Crippen LogP contribution in [0.15, 0.2) is 24.3 Å². The number of fused-ring (bicyclic) bond motifs is 1. The summed E-state index contributed by atoms with van der Waals surface area (Å²) in [6.45, 7) is 6.82. The quantitative estimate of drug-likeness (QED) is 0.546. The molecule has 1 aromatic carbocycles. The Kier molecular flexibility index (Phi) is 5.86. The van der Waals surface area contributed by atoms with Gasteiger partial charge in [-0.1, -0.05) is 26.0 Å². The molecular weight excluding hydrogens is 272 g/mol. The van der Waals surface area contributed by atoms with Crippen LogP contribution in [0.25, 0.3) is 11.0 Å². The lowest BCUT2D eigenvalue weighted by molar-refractivity contribution is 0.116. The van der Waals surface area contributed by atoms with Gasteiger partial charge >= 0.3 is 0 Å². The molecule has 110 valence electrons. The third-order valence-electron chi connectivity index (χ3n) is 3.35. The molecule has 0 amide bonds. The second kappa shape index (κ2) is 7.65. The fraction of sp³-hybridized carbons (Fsp3) is 0.562. The van der Waals surface area contributed by atoms with Gasteiger partial charge in [0, 0.05) is 25.5 Å². The van der Waals surface area contributed by atoms with Gasteiger partial charge in [-0.05, 0) is 24.5 Å². The summed E-state index contributed by atoms with van der Waals surface area (Å²) in [5, 5.41) is 0. The molecule has 0 saturated carbocycles. The van der Waals surface area contributed by atoms with Crippen LogP contribution in [0.4, 0.5) is 0 Å². The molecule has 0 N–H and O–H groups in total. The predicted octanol–water partition coefficient (Wildman–Crippen LogP) is 3.88. The molecule has 0 radical (unpaired) electrons. The minimum atomic E-state index is 0.595. The molecule has 2 aromatic rings. The number of nitrogens with zero attached hydrogens (tertiary/aromatic N) is 2. The van der Waals surface area contributed by atoms with Crippen LogP contribution in [-0.2, 0) is 17.7 Å². The highest BCUT2D eigenvalue weighted by molar-refractivity contribution is 6.17. The van der Waals surface area contributed by atoms with Gasteiger partial charge in [0.05, 0.1) is 17.6 Å². The van der Waals surface area contributed by atoms with E-state index in [1.165, 1.54) is 5.52 Å². The molecule has 0 atom stereocenters. The van der Waals surface area contributed by atoms with E-state index in [1.54, 1.807) is 0 Å². The first-order chi connectivity index (χ1) is 9.72. The van der Waals surface area contributed by atoms with Crippen molar-refractivity contribution in [2.75, 3.05) is 19.1 Å². The van der Waals surface area contributed by atoms with Crippen molar-refractivity contribution in [3.8, 4) is 0 Å². The summed E-state index contributed by atoms with van der Waals surface area (Å²) in [5.74, 6) is 2.34. The predicted molar refractivity (Wildman–Crippen MR) is 84.4 cm³/mol. The number of hydrogen-bond donors (Lipinski definition) is 0. The van der Waals surface area contributed by atoms with Gasteiger partial charge in [-0.3, -0.25) is 0 Å². The van der Waals surface area contributed by atoms with Crippen LogP contribution in [0.5, 0.6) is 0 Å². The summed E-state index contributed by atoms with van der Waals surface area (Å²) in [6.07, 6.45) is 1.90. The topological polar surface area (TPSA) is 27.1 Å². The van der Waals surface area contributed by atoms with E-state index in [4.69, 9.17) is 16.3 Å². The highest BCUT2D eigenvalue weighted by atomic mass is 35.5. The first kappa shape index (κ1) is 15.3. The lowest BCUT2D eigenvalue weighted by Gasteiger charge is -2.10. The van der Waals surface area contributed by atoms with Crippen LogP contribution >= 0.6 is 11.6 Å². The number of halogens is 1. The molecule has 4 heteroatoms. The van der Waals surface area contributed by atoms with Gasteiger partial charge in [-0.15, -0.1) is 11.6 Å². The van der Waals surface area contributed by atoms with Gasteiger partial charge < -0.3 is 9.30 Å². The Morgan fingerprint density at radius 2 is 2.05 bits per heavy atom. The molecule has 1 heterocycles. The van der Waals surface area contributed by atoms with Crippen molar-refractivity contribution >= 4 is 22.6 Å². The van der Waals surface area contributed by atoms with E-state index in [-0.39, 0.29) is 0 Å². The van der Waals surface area contributed by atoms with Gasteiger partial charge in [0.25, 0.3) is 0 Å². The van der Waals surface area contributed by atoms with Crippen LogP contribution in [0.2, 0.25) is 0 Å². The number of hydrogen-bond acceptors (Lipinski definition) is 2. The largest absolute Gasteiger partial charge is 0.380 e. The van der Waals surface area contributed by atoms with Crippen molar-refractivity contribution in [2.45, 2.75) is 33.2 Å². The maximum absolute atomic E-state index is 5.87. The van der Waals surface area contributed by atoms with Gasteiger partial charge in [0.15, 0.2) is 0 Å². The zero-order chi connectivity index (χ0) is 14.4. The van der Waals surface area contributed by atoms with Crippen LogP contribution in [0.3, 0.4) is 0 Å². The standard InChI is InChI=1S/C16H23ClN2O/c1-13(2)8-11-20-12-10-19-15-6-4-3-5-14(15)18-16(19)7-9-17/h3-6,13H,7-12H2,1-2H3. The van der Waals surface area contributed by atoms with E-state index in [1.807, 2.05) is 18.2 Å². The fourth-order valence-electron chi connectivity index (χ4n) is 2.23. The second-order valence-electron chi connectivity index (χ2n) is 5.40.